The highest BCUT2D eigenvalue weighted by atomic mass is 16.5. The smallest absolute Gasteiger partial charge is 0.279 e. The summed E-state index contributed by atoms with van der Waals surface area (Å²) in [6.45, 7) is 13.2. The number of hydrazone groups is 1. The van der Waals surface area contributed by atoms with E-state index in [1.54, 1.807) is 20.1 Å². The number of nitrogens with zero attached hydrogens (tertiary/aromatic N) is 1. The number of methoxy groups -OCH3 is 1. The van der Waals surface area contributed by atoms with Crippen LogP contribution in [0.4, 0.5) is 0 Å². The number of carbonyl (C=O) groups excluding carboxylic acids is 1. The number of ether oxygens (including phenoxy) is 2. The molecule has 8 heteroatoms. The second-order valence-corrected chi connectivity index (χ2v) is 6.12. The van der Waals surface area contributed by atoms with Crippen molar-refractivity contribution >= 4 is 17.9 Å². The summed E-state index contributed by atoms with van der Waals surface area (Å²) in [4.78, 5) is 12.0. The molecule has 0 bridgehead atoms. The van der Waals surface area contributed by atoms with Gasteiger partial charge < -0.3 is 25.5 Å². The highest BCUT2D eigenvalue weighted by Gasteiger charge is 2.14. The lowest BCUT2D eigenvalue weighted by Crippen LogP contribution is -2.38. The van der Waals surface area contributed by atoms with E-state index in [4.69, 9.17) is 14.9 Å². The third kappa shape index (κ3) is 8.18. The van der Waals surface area contributed by atoms with Crippen molar-refractivity contribution in [2.75, 3.05) is 26.7 Å². The van der Waals surface area contributed by atoms with Gasteiger partial charge in [-0.15, -0.1) is 5.10 Å². The first kappa shape index (κ1) is 23.9. The summed E-state index contributed by atoms with van der Waals surface area (Å²) in [6.07, 6.45) is 9.31. The molecule has 0 amide bonds. The molecule has 4 N–H and O–H groups in total. The molecule has 1 aliphatic rings. The molecule has 158 valence electrons. The molecule has 1 heterocycles. The van der Waals surface area contributed by atoms with Crippen molar-refractivity contribution in [3.8, 4) is 0 Å². The van der Waals surface area contributed by atoms with Gasteiger partial charge in [0.25, 0.3) is 5.90 Å². The average molecular weight is 402 g/mol. The van der Waals surface area contributed by atoms with Crippen LogP contribution in [0.25, 0.3) is 0 Å². The van der Waals surface area contributed by atoms with E-state index in [1.165, 1.54) is 6.21 Å². The van der Waals surface area contributed by atoms with Crippen LogP contribution in [0.3, 0.4) is 0 Å². The van der Waals surface area contributed by atoms with Gasteiger partial charge >= 0.3 is 0 Å². The van der Waals surface area contributed by atoms with Crippen LogP contribution in [-0.4, -0.2) is 56.8 Å². The Bertz CT molecular complexity index is 722. The third-order valence-corrected chi connectivity index (χ3v) is 3.91. The van der Waals surface area contributed by atoms with Crippen molar-refractivity contribution in [2.45, 2.75) is 26.0 Å². The van der Waals surface area contributed by atoms with E-state index in [1.807, 2.05) is 25.2 Å². The van der Waals surface area contributed by atoms with Gasteiger partial charge in [0.1, 0.15) is 11.9 Å². The zero-order chi connectivity index (χ0) is 21.6. The minimum atomic E-state index is -0.444. The van der Waals surface area contributed by atoms with Gasteiger partial charge in [0.2, 0.25) is 5.78 Å². The van der Waals surface area contributed by atoms with Gasteiger partial charge in [-0.2, -0.15) is 0 Å². The van der Waals surface area contributed by atoms with Crippen molar-refractivity contribution in [1.29, 1.82) is 5.41 Å². The molecule has 0 aromatic carbocycles. The molecular formula is C21H31N5O3. The van der Waals surface area contributed by atoms with Crippen LogP contribution in [-0.2, 0) is 14.3 Å². The van der Waals surface area contributed by atoms with Crippen LogP contribution < -0.4 is 16.1 Å². The molecule has 0 saturated heterocycles. The van der Waals surface area contributed by atoms with E-state index < -0.39 is 11.9 Å². The Morgan fingerprint density at radius 1 is 1.52 bits per heavy atom. The average Bonchev–Trinajstić information content (AvgIpc) is 2.73. The van der Waals surface area contributed by atoms with Crippen LogP contribution >= 0.6 is 0 Å². The van der Waals surface area contributed by atoms with E-state index >= 15 is 0 Å². The van der Waals surface area contributed by atoms with Gasteiger partial charge in [-0.05, 0) is 37.8 Å². The molecule has 29 heavy (non-hydrogen) atoms. The summed E-state index contributed by atoms with van der Waals surface area (Å²) in [5, 5.41) is 17.8. The number of hydrogen-bond acceptors (Lipinski definition) is 8. The van der Waals surface area contributed by atoms with Gasteiger partial charge in [-0.25, -0.2) is 0 Å². The largest absolute Gasteiger partial charge is 0.496 e. The summed E-state index contributed by atoms with van der Waals surface area (Å²) in [5.41, 5.74) is 4.38. The number of nitrogens with one attached hydrogen (secondary N) is 4. The molecule has 1 aliphatic heterocycles. The zero-order valence-corrected chi connectivity index (χ0v) is 17.3. The maximum Gasteiger partial charge on any atom is 0.279 e. The van der Waals surface area contributed by atoms with Crippen molar-refractivity contribution in [3.63, 3.8) is 0 Å². The number of carbonyl (C=O) groups is 1. The first-order chi connectivity index (χ1) is 14.0. The fourth-order valence-electron chi connectivity index (χ4n) is 2.32. The van der Waals surface area contributed by atoms with Crippen LogP contribution in [0.15, 0.2) is 65.7 Å². The minimum Gasteiger partial charge on any atom is -0.496 e. The summed E-state index contributed by atoms with van der Waals surface area (Å²) < 4.78 is 10.9. The fraction of sp³-hybridized carbons (Fsp3) is 0.381. The predicted molar refractivity (Wildman–Crippen MR) is 117 cm³/mol. The lowest BCUT2D eigenvalue weighted by molar-refractivity contribution is -0.110. The Morgan fingerprint density at radius 2 is 2.28 bits per heavy atom. The summed E-state index contributed by atoms with van der Waals surface area (Å²) in [5.74, 6) is 0.182. The van der Waals surface area contributed by atoms with E-state index in [0.717, 1.165) is 29.7 Å². The molecule has 0 radical (unpaired) electrons. The van der Waals surface area contributed by atoms with Crippen molar-refractivity contribution < 1.29 is 14.3 Å². The van der Waals surface area contributed by atoms with E-state index in [9.17, 15) is 4.79 Å². The summed E-state index contributed by atoms with van der Waals surface area (Å²) >= 11 is 0. The normalized spacial score (nSPS) is 17.9. The molecule has 0 saturated carbocycles. The molecule has 2 atom stereocenters. The monoisotopic (exact) mass is 401 g/mol. The standard InChI is InChI=1S/C21H31N5O3/c1-6-19(27)21(26-25-17(13-22)14-23-7-2)29-15(3)9-8-10-18-16(4)20(28-5)11-12-24-18/h6,8-11,13,15,17,22-25H,1,4,7,12,14H2,2-3,5H3/b9-8+,18-10+,22-13?,26-21+. The molecular weight excluding hydrogens is 370 g/mol. The minimum absolute atomic E-state index is 0.113. The Kier molecular flexibility index (Phi) is 10.8. The van der Waals surface area contributed by atoms with E-state index in [0.29, 0.717) is 13.1 Å². The predicted octanol–water partition coefficient (Wildman–Crippen LogP) is 1.81. The van der Waals surface area contributed by atoms with Gasteiger partial charge in [0, 0.05) is 30.6 Å². The van der Waals surface area contributed by atoms with Gasteiger partial charge in [-0.1, -0.05) is 26.2 Å². The lowest BCUT2D eigenvalue weighted by atomic mass is 10.1. The molecule has 0 aromatic heterocycles. The highest BCUT2D eigenvalue weighted by Crippen LogP contribution is 2.19. The Morgan fingerprint density at radius 3 is 2.90 bits per heavy atom. The van der Waals surface area contributed by atoms with Crippen molar-refractivity contribution in [2.24, 2.45) is 5.10 Å². The quantitative estimate of drug-likeness (QED) is 0.172. The zero-order valence-electron chi connectivity index (χ0n) is 17.3. The highest BCUT2D eigenvalue weighted by molar-refractivity contribution is 6.40. The van der Waals surface area contributed by atoms with Crippen LogP contribution in [0.5, 0.6) is 0 Å². The van der Waals surface area contributed by atoms with E-state index in [2.05, 4.69) is 34.3 Å². The summed E-state index contributed by atoms with van der Waals surface area (Å²) in [6, 6.07) is -0.354. The number of allylic oxidation sites excluding steroid dienone is 2. The maximum atomic E-state index is 12.0. The topological polar surface area (TPSA) is 108 Å². The lowest BCUT2D eigenvalue weighted by Gasteiger charge is -2.19. The third-order valence-electron chi connectivity index (χ3n) is 3.91. The van der Waals surface area contributed by atoms with Gasteiger partial charge in [0.05, 0.1) is 13.2 Å². The maximum absolute atomic E-state index is 12.0. The molecule has 0 fully saturated rings. The molecule has 1 rings (SSSR count). The number of hydrogen-bond donors (Lipinski definition) is 4. The van der Waals surface area contributed by atoms with Crippen LogP contribution in [0.1, 0.15) is 13.8 Å². The first-order valence-corrected chi connectivity index (χ1v) is 9.40. The fourth-order valence-corrected chi connectivity index (χ4v) is 2.32. The van der Waals surface area contributed by atoms with Crippen LogP contribution in [0.2, 0.25) is 0 Å². The number of likely N-dealkylation sites (N-methyl/N-ethyl adjacent to an activating group) is 1. The molecule has 2 unspecified atom stereocenters. The Balaban J connectivity index is 2.76. The number of ketones is 1. The molecule has 0 spiro atoms. The van der Waals surface area contributed by atoms with Crippen molar-refractivity contribution in [3.05, 3.63) is 60.6 Å². The van der Waals surface area contributed by atoms with Gasteiger partial charge in [-0.3, -0.25) is 10.2 Å². The SMILES string of the molecule is C=CC(=O)/C(=N\NC(C=N)CNCC)OC(C)/C=C/C=C1/NCC=C(OC)C1=C. The van der Waals surface area contributed by atoms with Crippen LogP contribution in [0, 0.1) is 5.41 Å². The first-order valence-electron chi connectivity index (χ1n) is 9.40. The van der Waals surface area contributed by atoms with Crippen molar-refractivity contribution in [1.82, 2.24) is 16.1 Å². The number of rotatable bonds is 12. The second kappa shape index (κ2) is 13.1. The summed E-state index contributed by atoms with van der Waals surface area (Å²) in [7, 11) is 1.61. The molecule has 0 aromatic rings. The Labute approximate surface area is 172 Å². The second-order valence-electron chi connectivity index (χ2n) is 6.12. The van der Waals surface area contributed by atoms with Gasteiger partial charge in [0.15, 0.2) is 0 Å². The Hall–Kier alpha value is -3.13. The molecule has 8 nitrogen and oxygen atoms in total. The van der Waals surface area contributed by atoms with E-state index in [-0.39, 0.29) is 11.9 Å². The molecule has 0 aliphatic carbocycles.